The maximum absolute atomic E-state index is 13.7. The molecule has 1 aromatic heterocycles. The molecule has 26 heavy (non-hydrogen) atoms. The van der Waals surface area contributed by atoms with Crippen molar-refractivity contribution in [3.05, 3.63) is 65.6 Å². The fourth-order valence-corrected chi connectivity index (χ4v) is 2.87. The van der Waals surface area contributed by atoms with E-state index in [1.165, 1.54) is 49.2 Å². The molecule has 1 heterocycles. The largest absolute Gasteiger partial charge is 0.494 e. The molecule has 0 spiro atoms. The summed E-state index contributed by atoms with van der Waals surface area (Å²) in [7, 11) is 1.42. The van der Waals surface area contributed by atoms with Gasteiger partial charge in [0.1, 0.15) is 11.6 Å². The second-order valence-corrected chi connectivity index (χ2v) is 6.30. The van der Waals surface area contributed by atoms with Crippen LogP contribution in [0.15, 0.2) is 52.1 Å². The van der Waals surface area contributed by atoms with Gasteiger partial charge in [-0.1, -0.05) is 17.8 Å². The van der Waals surface area contributed by atoms with E-state index in [-0.39, 0.29) is 11.6 Å². The van der Waals surface area contributed by atoms with E-state index in [2.05, 4.69) is 10.2 Å². The normalized spacial score (nSPS) is 12.0. The Morgan fingerprint density at radius 3 is 2.58 bits per heavy atom. The van der Waals surface area contributed by atoms with Crippen LogP contribution >= 0.6 is 11.8 Å². The van der Waals surface area contributed by atoms with Crippen LogP contribution in [0.4, 0.5) is 8.78 Å². The van der Waals surface area contributed by atoms with Crippen LogP contribution in [0.1, 0.15) is 24.5 Å². The Labute approximate surface area is 153 Å². The monoisotopic (exact) mass is 378 g/mol. The Kier molecular flexibility index (Phi) is 5.72. The Morgan fingerprint density at radius 2 is 1.88 bits per heavy atom. The van der Waals surface area contributed by atoms with E-state index in [0.29, 0.717) is 22.6 Å². The van der Waals surface area contributed by atoms with Gasteiger partial charge in [-0.05, 0) is 48.9 Å². The molecule has 0 saturated heterocycles. The number of hydrogen-bond donors (Lipinski definition) is 0. The third kappa shape index (κ3) is 4.51. The number of hydrogen-bond acceptors (Lipinski definition) is 6. The van der Waals surface area contributed by atoms with Gasteiger partial charge in [0.05, 0.1) is 7.11 Å². The molecule has 0 fully saturated rings. The summed E-state index contributed by atoms with van der Waals surface area (Å²) in [4.78, 5) is 0. The number of benzene rings is 2. The van der Waals surface area contributed by atoms with Crippen LogP contribution in [0, 0.1) is 11.6 Å². The molecule has 3 aromatic rings. The molecule has 3 rings (SSSR count). The lowest BCUT2D eigenvalue weighted by Gasteiger charge is -2.10. The van der Waals surface area contributed by atoms with Gasteiger partial charge in [-0.25, -0.2) is 8.78 Å². The Morgan fingerprint density at radius 1 is 1.12 bits per heavy atom. The highest BCUT2D eigenvalue weighted by molar-refractivity contribution is 7.98. The van der Waals surface area contributed by atoms with Gasteiger partial charge < -0.3 is 13.9 Å². The number of ether oxygens (including phenoxy) is 2. The molecular formula is C18H16F2N2O3S. The van der Waals surface area contributed by atoms with Crippen molar-refractivity contribution >= 4 is 11.8 Å². The minimum atomic E-state index is -0.485. The molecule has 0 aliphatic rings. The fraction of sp³-hybridized carbons (Fsp3) is 0.222. The number of rotatable bonds is 7. The molecule has 0 radical (unpaired) electrons. The standard InChI is InChI=1S/C18H16F2N2O3S/c1-11(24-14-6-4-13(19)5-7-14)17-21-22-18(25-17)26-10-12-3-8-16(23-2)15(20)9-12/h3-9,11H,10H2,1-2H3. The predicted octanol–water partition coefficient (Wildman–Crippen LogP) is 4.79. The SMILES string of the molecule is COc1ccc(CSc2nnc(C(C)Oc3ccc(F)cc3)o2)cc1F. The highest BCUT2D eigenvalue weighted by atomic mass is 32.2. The van der Waals surface area contributed by atoms with Crippen LogP contribution in [-0.2, 0) is 5.75 Å². The van der Waals surface area contributed by atoms with Crippen LogP contribution in [0.2, 0.25) is 0 Å². The predicted molar refractivity (Wildman–Crippen MR) is 92.3 cm³/mol. The highest BCUT2D eigenvalue weighted by Crippen LogP contribution is 2.27. The first-order chi connectivity index (χ1) is 12.5. The van der Waals surface area contributed by atoms with Gasteiger partial charge in [0.15, 0.2) is 17.7 Å². The molecule has 0 saturated carbocycles. The highest BCUT2D eigenvalue weighted by Gasteiger charge is 2.16. The number of nitrogens with zero attached hydrogens (tertiary/aromatic N) is 2. The third-order valence-electron chi connectivity index (χ3n) is 3.47. The molecule has 0 N–H and O–H groups in total. The van der Waals surface area contributed by atoms with Gasteiger partial charge in [0.25, 0.3) is 11.1 Å². The maximum Gasteiger partial charge on any atom is 0.277 e. The Bertz CT molecular complexity index is 871. The Balaban J connectivity index is 1.58. The third-order valence-corrected chi connectivity index (χ3v) is 4.36. The van der Waals surface area contributed by atoms with Crippen molar-refractivity contribution in [2.45, 2.75) is 24.0 Å². The summed E-state index contributed by atoms with van der Waals surface area (Å²) in [6, 6.07) is 10.4. The van der Waals surface area contributed by atoms with Crippen LogP contribution in [0.5, 0.6) is 11.5 Å². The smallest absolute Gasteiger partial charge is 0.277 e. The Hall–Kier alpha value is -2.61. The van der Waals surface area contributed by atoms with Crippen molar-refractivity contribution in [3.8, 4) is 11.5 Å². The quantitative estimate of drug-likeness (QED) is 0.551. The zero-order chi connectivity index (χ0) is 18.5. The van der Waals surface area contributed by atoms with E-state index in [9.17, 15) is 8.78 Å². The summed E-state index contributed by atoms with van der Waals surface area (Å²) < 4.78 is 42.7. The van der Waals surface area contributed by atoms with Crippen LogP contribution in [0.3, 0.4) is 0 Å². The van der Waals surface area contributed by atoms with E-state index in [1.807, 2.05) is 0 Å². The number of aromatic nitrogens is 2. The summed E-state index contributed by atoms with van der Waals surface area (Å²) in [6.45, 7) is 1.75. The number of methoxy groups -OCH3 is 1. The van der Waals surface area contributed by atoms with E-state index >= 15 is 0 Å². The molecule has 8 heteroatoms. The van der Waals surface area contributed by atoms with Crippen LogP contribution in [0.25, 0.3) is 0 Å². The molecular weight excluding hydrogens is 362 g/mol. The van der Waals surface area contributed by atoms with Crippen LogP contribution in [-0.4, -0.2) is 17.3 Å². The minimum Gasteiger partial charge on any atom is -0.494 e. The first-order valence-corrected chi connectivity index (χ1v) is 8.74. The first-order valence-electron chi connectivity index (χ1n) is 7.76. The summed E-state index contributed by atoms with van der Waals surface area (Å²) in [6.07, 6.45) is -0.485. The lowest BCUT2D eigenvalue weighted by molar-refractivity contribution is 0.181. The maximum atomic E-state index is 13.7. The van der Waals surface area contributed by atoms with Crippen LogP contribution < -0.4 is 9.47 Å². The second-order valence-electron chi connectivity index (χ2n) is 5.38. The van der Waals surface area contributed by atoms with Gasteiger partial charge in [-0.3, -0.25) is 0 Å². The van der Waals surface area contributed by atoms with Gasteiger partial charge >= 0.3 is 0 Å². The number of thioether (sulfide) groups is 1. The molecule has 1 unspecified atom stereocenters. The van der Waals surface area contributed by atoms with E-state index in [4.69, 9.17) is 13.9 Å². The average molecular weight is 378 g/mol. The van der Waals surface area contributed by atoms with Gasteiger partial charge in [-0.2, -0.15) is 0 Å². The first kappa shape index (κ1) is 18.2. The topological polar surface area (TPSA) is 57.4 Å². The van der Waals surface area contributed by atoms with Crippen molar-refractivity contribution in [2.75, 3.05) is 7.11 Å². The second kappa shape index (κ2) is 8.18. The van der Waals surface area contributed by atoms with E-state index in [1.54, 1.807) is 19.1 Å². The summed E-state index contributed by atoms with van der Waals surface area (Å²) >= 11 is 1.29. The molecule has 0 amide bonds. The lowest BCUT2D eigenvalue weighted by atomic mass is 10.2. The zero-order valence-corrected chi connectivity index (χ0v) is 14.9. The fourth-order valence-electron chi connectivity index (χ4n) is 2.16. The molecule has 0 aliphatic carbocycles. The summed E-state index contributed by atoms with van der Waals surface area (Å²) in [5.74, 6) is 0.716. The van der Waals surface area contributed by atoms with Crippen molar-refractivity contribution in [2.24, 2.45) is 0 Å². The number of halogens is 2. The molecule has 1 atom stereocenters. The van der Waals surface area contributed by atoms with Gasteiger partial charge in [0, 0.05) is 5.75 Å². The lowest BCUT2D eigenvalue weighted by Crippen LogP contribution is -2.03. The molecule has 0 bridgehead atoms. The minimum absolute atomic E-state index is 0.200. The molecule has 136 valence electrons. The molecule has 2 aromatic carbocycles. The van der Waals surface area contributed by atoms with Crippen molar-refractivity contribution in [1.29, 1.82) is 0 Å². The zero-order valence-electron chi connectivity index (χ0n) is 14.1. The van der Waals surface area contributed by atoms with E-state index < -0.39 is 11.9 Å². The van der Waals surface area contributed by atoms with Crippen molar-refractivity contribution in [3.63, 3.8) is 0 Å². The molecule has 0 aliphatic heterocycles. The van der Waals surface area contributed by atoms with Crippen molar-refractivity contribution < 1.29 is 22.7 Å². The molecule has 5 nitrogen and oxygen atoms in total. The van der Waals surface area contributed by atoms with E-state index in [0.717, 1.165) is 5.56 Å². The van der Waals surface area contributed by atoms with Gasteiger partial charge in [0.2, 0.25) is 0 Å². The van der Waals surface area contributed by atoms with Crippen molar-refractivity contribution in [1.82, 2.24) is 10.2 Å². The summed E-state index contributed by atoms with van der Waals surface area (Å²) in [5.41, 5.74) is 0.767. The van der Waals surface area contributed by atoms with Gasteiger partial charge in [-0.15, -0.1) is 10.2 Å². The average Bonchev–Trinajstić information content (AvgIpc) is 3.11. The summed E-state index contributed by atoms with van der Waals surface area (Å²) in [5, 5.41) is 8.26.